The number of aromatic nitrogens is 1. The molecule has 3 heterocycles. The van der Waals surface area contributed by atoms with E-state index in [0.29, 0.717) is 18.0 Å². The molecule has 36 heavy (non-hydrogen) atoms. The summed E-state index contributed by atoms with van der Waals surface area (Å²) in [4.78, 5) is 8.34. The highest BCUT2D eigenvalue weighted by Gasteiger charge is 2.18. The number of hydrogen-bond acceptors (Lipinski definition) is 5. The van der Waals surface area contributed by atoms with E-state index in [1.807, 2.05) is 31.5 Å². The number of pyridine rings is 1. The lowest BCUT2D eigenvalue weighted by atomic mass is 9.91. The number of aliphatic imine (C=N–C) groups is 1. The third-order valence-corrected chi connectivity index (χ3v) is 6.87. The molecule has 4 N–H and O–H groups in total. The second-order valence-corrected chi connectivity index (χ2v) is 9.54. The molecule has 4 rings (SSSR count). The second-order valence-electron chi connectivity index (χ2n) is 9.54. The Kier molecular flexibility index (Phi) is 10.5. The molecule has 0 spiro atoms. The zero-order chi connectivity index (χ0) is 25.9. The highest BCUT2D eigenvalue weighted by atomic mass is 15.0. The summed E-state index contributed by atoms with van der Waals surface area (Å²) in [5.74, 6) is 1.44. The molecule has 2 unspecified atom stereocenters. The van der Waals surface area contributed by atoms with Crippen molar-refractivity contribution in [2.45, 2.75) is 45.7 Å². The fourth-order valence-electron chi connectivity index (χ4n) is 4.32. The molecule has 1 aromatic carbocycles. The summed E-state index contributed by atoms with van der Waals surface area (Å²) in [6.45, 7) is 17.2. The zero-order valence-electron chi connectivity index (χ0n) is 22.3. The van der Waals surface area contributed by atoms with E-state index in [4.69, 9.17) is 0 Å². The molecule has 0 amide bonds. The van der Waals surface area contributed by atoms with Crippen LogP contribution in [0.4, 0.5) is 11.4 Å². The molecule has 192 valence electrons. The van der Waals surface area contributed by atoms with Crippen LogP contribution in [0.5, 0.6) is 0 Å². The minimum atomic E-state index is 0.535. The fourth-order valence-corrected chi connectivity index (χ4v) is 4.32. The van der Waals surface area contributed by atoms with Gasteiger partial charge >= 0.3 is 0 Å². The van der Waals surface area contributed by atoms with Crippen molar-refractivity contribution >= 4 is 34.9 Å². The van der Waals surface area contributed by atoms with Gasteiger partial charge in [-0.1, -0.05) is 50.4 Å². The highest BCUT2D eigenvalue weighted by Crippen LogP contribution is 2.27. The minimum Gasteiger partial charge on any atom is -0.381 e. The SMILES string of the molecule is C=Cc1ccc(C2=CC(C)C(C)NC2)cc1NC(C)=NC.C=Cc1cncc(NC2CCNCC2)c1. The van der Waals surface area contributed by atoms with Crippen molar-refractivity contribution in [2.24, 2.45) is 10.9 Å². The molecule has 0 radical (unpaired) electrons. The number of piperidine rings is 1. The maximum atomic E-state index is 4.17. The highest BCUT2D eigenvalue weighted by molar-refractivity contribution is 5.96. The molecular formula is C30H42N6. The van der Waals surface area contributed by atoms with Gasteiger partial charge in [0.2, 0.25) is 0 Å². The van der Waals surface area contributed by atoms with Gasteiger partial charge in [-0.3, -0.25) is 9.98 Å². The summed E-state index contributed by atoms with van der Waals surface area (Å²) in [6.07, 6.45) is 12.1. The Morgan fingerprint density at radius 1 is 1.11 bits per heavy atom. The topological polar surface area (TPSA) is 73.4 Å². The first-order chi connectivity index (χ1) is 17.4. The lowest BCUT2D eigenvalue weighted by molar-refractivity contribution is 0.468. The molecule has 6 nitrogen and oxygen atoms in total. The summed E-state index contributed by atoms with van der Waals surface area (Å²) in [5, 5.41) is 13.7. The van der Waals surface area contributed by atoms with Crippen molar-refractivity contribution < 1.29 is 0 Å². The molecule has 2 atom stereocenters. The molecular weight excluding hydrogens is 444 g/mol. The monoisotopic (exact) mass is 486 g/mol. The van der Waals surface area contributed by atoms with Crippen LogP contribution in [0.15, 0.2) is 60.9 Å². The zero-order valence-corrected chi connectivity index (χ0v) is 22.3. The van der Waals surface area contributed by atoms with Crippen molar-refractivity contribution in [1.82, 2.24) is 15.6 Å². The molecule has 6 heteroatoms. The molecule has 1 aromatic heterocycles. The maximum absolute atomic E-state index is 4.17. The van der Waals surface area contributed by atoms with E-state index in [-0.39, 0.29) is 0 Å². The van der Waals surface area contributed by atoms with E-state index in [1.54, 1.807) is 7.05 Å². The minimum absolute atomic E-state index is 0.535. The summed E-state index contributed by atoms with van der Waals surface area (Å²) in [7, 11) is 1.79. The van der Waals surface area contributed by atoms with E-state index in [2.05, 4.69) is 88.6 Å². The molecule has 2 aliphatic heterocycles. The number of benzene rings is 1. The van der Waals surface area contributed by atoms with Gasteiger partial charge in [0, 0.05) is 43.8 Å². The third-order valence-electron chi connectivity index (χ3n) is 6.87. The van der Waals surface area contributed by atoms with Crippen LogP contribution in [0, 0.1) is 5.92 Å². The van der Waals surface area contributed by atoms with Gasteiger partial charge in [-0.05, 0) is 80.1 Å². The van der Waals surface area contributed by atoms with Crippen molar-refractivity contribution in [3.8, 4) is 0 Å². The Hall–Kier alpha value is -3.22. The summed E-state index contributed by atoms with van der Waals surface area (Å²) < 4.78 is 0. The van der Waals surface area contributed by atoms with Gasteiger partial charge in [-0.15, -0.1) is 0 Å². The molecule has 1 saturated heterocycles. The Bertz CT molecular complexity index is 1080. The number of amidine groups is 1. The molecule has 2 aliphatic rings. The standard InChI is InChI=1S/C18H25N3.C12H17N3/c1-6-15-7-8-16(10-18(15)21-14(4)19-5)17-9-12(2)13(3)20-11-17;1-2-10-7-12(9-14-8-10)15-11-3-5-13-6-4-11/h6-10,12-13,20H,1,11H2,2-5H3,(H,19,21);2,7-9,11,13,15H,1,3-6H2. The lowest BCUT2D eigenvalue weighted by Gasteiger charge is -2.26. The van der Waals surface area contributed by atoms with E-state index in [1.165, 1.54) is 24.0 Å². The molecule has 1 fully saturated rings. The van der Waals surface area contributed by atoms with Crippen LogP contribution in [0.2, 0.25) is 0 Å². The Balaban J connectivity index is 0.000000212. The lowest BCUT2D eigenvalue weighted by Crippen LogP contribution is -2.36. The van der Waals surface area contributed by atoms with E-state index >= 15 is 0 Å². The number of rotatable bonds is 6. The van der Waals surface area contributed by atoms with Gasteiger partial charge in [0.05, 0.1) is 11.5 Å². The van der Waals surface area contributed by atoms with Crippen LogP contribution in [-0.2, 0) is 0 Å². The van der Waals surface area contributed by atoms with Crippen molar-refractivity contribution in [3.63, 3.8) is 0 Å². The van der Waals surface area contributed by atoms with Crippen LogP contribution in [0.25, 0.3) is 17.7 Å². The van der Waals surface area contributed by atoms with Crippen molar-refractivity contribution in [1.29, 1.82) is 0 Å². The van der Waals surface area contributed by atoms with Gasteiger partial charge in [0.1, 0.15) is 0 Å². The molecule has 0 aliphatic carbocycles. The molecule has 0 bridgehead atoms. The fraction of sp³-hybridized carbons (Fsp3) is 0.400. The molecule has 2 aromatic rings. The average Bonchev–Trinajstić information content (AvgIpc) is 2.91. The first-order valence-electron chi connectivity index (χ1n) is 12.9. The second kappa shape index (κ2) is 13.8. The Morgan fingerprint density at radius 3 is 2.56 bits per heavy atom. The van der Waals surface area contributed by atoms with Gasteiger partial charge in [0.15, 0.2) is 0 Å². The predicted octanol–water partition coefficient (Wildman–Crippen LogP) is 5.69. The predicted molar refractivity (Wildman–Crippen MR) is 158 cm³/mol. The van der Waals surface area contributed by atoms with Gasteiger partial charge in [-0.2, -0.15) is 0 Å². The van der Waals surface area contributed by atoms with Gasteiger partial charge in [0.25, 0.3) is 0 Å². The summed E-state index contributed by atoms with van der Waals surface area (Å²) >= 11 is 0. The normalized spacial score (nSPS) is 20.4. The van der Waals surface area contributed by atoms with Gasteiger partial charge < -0.3 is 21.3 Å². The smallest absolute Gasteiger partial charge is 0.0972 e. The van der Waals surface area contributed by atoms with E-state index in [0.717, 1.165) is 48.0 Å². The number of anilines is 2. The Morgan fingerprint density at radius 2 is 1.89 bits per heavy atom. The number of nitrogens with one attached hydrogen (secondary N) is 4. The largest absolute Gasteiger partial charge is 0.381 e. The first kappa shape index (κ1) is 27.4. The van der Waals surface area contributed by atoms with E-state index < -0.39 is 0 Å². The molecule has 0 saturated carbocycles. The van der Waals surface area contributed by atoms with Crippen LogP contribution in [-0.4, -0.2) is 49.6 Å². The third kappa shape index (κ3) is 7.90. The quantitative estimate of drug-likeness (QED) is 0.312. The maximum Gasteiger partial charge on any atom is 0.0972 e. The van der Waals surface area contributed by atoms with Crippen LogP contribution < -0.4 is 21.3 Å². The van der Waals surface area contributed by atoms with E-state index in [9.17, 15) is 0 Å². The number of nitrogens with zero attached hydrogens (tertiary/aromatic N) is 2. The van der Waals surface area contributed by atoms with Crippen LogP contribution >= 0.6 is 0 Å². The summed E-state index contributed by atoms with van der Waals surface area (Å²) in [6, 6.07) is 9.65. The summed E-state index contributed by atoms with van der Waals surface area (Å²) in [5.41, 5.74) is 6.90. The average molecular weight is 487 g/mol. The van der Waals surface area contributed by atoms with Gasteiger partial charge in [-0.25, -0.2) is 0 Å². The Labute approximate surface area is 217 Å². The van der Waals surface area contributed by atoms with Crippen LogP contribution in [0.3, 0.4) is 0 Å². The van der Waals surface area contributed by atoms with Crippen molar-refractivity contribution in [3.05, 3.63) is 72.6 Å². The first-order valence-corrected chi connectivity index (χ1v) is 12.9. The van der Waals surface area contributed by atoms with Crippen LogP contribution in [0.1, 0.15) is 50.3 Å². The number of hydrogen-bond donors (Lipinski definition) is 4. The van der Waals surface area contributed by atoms with Crippen molar-refractivity contribution in [2.75, 3.05) is 37.3 Å².